The molecule has 0 aliphatic carbocycles. The molecule has 0 N–H and O–H groups in total. The highest BCUT2D eigenvalue weighted by Crippen LogP contribution is 2.21. The molecule has 0 unspecified atom stereocenters. The van der Waals surface area contributed by atoms with E-state index in [1.807, 2.05) is 0 Å². The van der Waals surface area contributed by atoms with Crippen LogP contribution in [0.1, 0.15) is 43.7 Å². The van der Waals surface area contributed by atoms with Crippen molar-refractivity contribution in [3.8, 4) is 11.1 Å². The zero-order valence-corrected chi connectivity index (χ0v) is 13.9. The molecule has 0 aliphatic heterocycles. The molecular weight excluding hydrogens is 282 g/mol. The minimum absolute atomic E-state index is 0.146. The van der Waals surface area contributed by atoms with Gasteiger partial charge in [0, 0.05) is 6.42 Å². The van der Waals surface area contributed by atoms with Gasteiger partial charge in [-0.05, 0) is 48.2 Å². The van der Waals surface area contributed by atoms with Gasteiger partial charge in [-0.1, -0.05) is 68.3 Å². The Bertz CT molecular complexity index is 626. The lowest BCUT2D eigenvalue weighted by Gasteiger charge is -2.06. The fourth-order valence-corrected chi connectivity index (χ4v) is 2.64. The van der Waals surface area contributed by atoms with Crippen molar-refractivity contribution in [3.63, 3.8) is 0 Å². The summed E-state index contributed by atoms with van der Waals surface area (Å²) in [5.74, 6) is -0.146. The smallest absolute Gasteiger partial charge is 0.245 e. The number of carbonyl (C=O) groups is 1. The van der Waals surface area contributed by atoms with Crippen molar-refractivity contribution >= 4 is 12.6 Å². The average molecular weight is 307 g/mol. The quantitative estimate of drug-likeness (QED) is 0.484. The number of hydrogen-bond acceptors (Lipinski definition) is 1. The predicted octanol–water partition coefficient (Wildman–Crippen LogP) is 5.25. The Morgan fingerprint density at radius 1 is 0.870 bits per heavy atom. The highest BCUT2D eigenvalue weighted by Gasteiger charge is 2.02. The molecule has 0 radical (unpaired) electrons. The van der Waals surface area contributed by atoms with Crippen LogP contribution in [0.3, 0.4) is 0 Å². The van der Waals surface area contributed by atoms with E-state index in [0.717, 1.165) is 5.56 Å². The molecule has 120 valence electrons. The third-order valence-corrected chi connectivity index (χ3v) is 4.11. The molecule has 0 spiro atoms. The van der Waals surface area contributed by atoms with Crippen molar-refractivity contribution < 1.29 is 4.79 Å². The summed E-state index contributed by atoms with van der Waals surface area (Å²) >= 11 is 0. The molecule has 2 rings (SSSR count). The maximum atomic E-state index is 11.2. The number of benzene rings is 2. The predicted molar refractivity (Wildman–Crippen MR) is 98.0 cm³/mol. The van der Waals surface area contributed by atoms with Crippen molar-refractivity contribution in [1.29, 1.82) is 0 Å². The van der Waals surface area contributed by atoms with Gasteiger partial charge in [0.1, 0.15) is 0 Å². The van der Waals surface area contributed by atoms with Crippen LogP contribution < -0.4 is 0 Å². The van der Waals surface area contributed by atoms with Crippen LogP contribution in [0.2, 0.25) is 0 Å². The van der Waals surface area contributed by atoms with Crippen LogP contribution in [-0.4, -0.2) is 12.6 Å². The molecule has 0 atom stereocenters. The maximum absolute atomic E-state index is 11.2. The zero-order valence-electron chi connectivity index (χ0n) is 13.9. The first-order chi connectivity index (χ1) is 11.2. The normalized spacial score (nSPS) is 10.5. The summed E-state index contributed by atoms with van der Waals surface area (Å²) in [5.41, 5.74) is 5.01. The minimum atomic E-state index is -0.146. The lowest BCUT2D eigenvalue weighted by molar-refractivity contribution is -0.117. The van der Waals surface area contributed by atoms with Crippen LogP contribution in [0.15, 0.2) is 53.5 Å². The topological polar surface area (TPSA) is 29.4 Å². The first-order valence-corrected chi connectivity index (χ1v) is 8.40. The molecule has 1 amide bonds. The number of amides is 1. The van der Waals surface area contributed by atoms with E-state index in [2.05, 4.69) is 67.2 Å². The van der Waals surface area contributed by atoms with Gasteiger partial charge < -0.3 is 0 Å². The number of aryl methyl sites for hydroxylation is 2. The second-order valence-electron chi connectivity index (χ2n) is 5.90. The first-order valence-electron chi connectivity index (χ1n) is 8.40. The van der Waals surface area contributed by atoms with E-state index < -0.39 is 0 Å². The zero-order chi connectivity index (χ0) is 16.5. The van der Waals surface area contributed by atoms with Gasteiger partial charge in [-0.2, -0.15) is 0 Å². The second kappa shape index (κ2) is 9.04. The molecule has 0 bridgehead atoms. The Labute approximate surface area is 139 Å². The van der Waals surface area contributed by atoms with Gasteiger partial charge in [0.25, 0.3) is 0 Å². The summed E-state index contributed by atoms with van der Waals surface area (Å²) in [4.78, 5) is 14.6. The molecule has 0 aliphatic rings. The Hall–Kier alpha value is -2.22. The Balaban J connectivity index is 1.96. The number of aliphatic imine (C=N–C) groups is 1. The number of hydrogen-bond donors (Lipinski definition) is 0. The Morgan fingerprint density at radius 2 is 1.39 bits per heavy atom. The molecule has 0 saturated heterocycles. The molecule has 0 saturated carbocycles. The highest BCUT2D eigenvalue weighted by atomic mass is 16.1. The van der Waals surface area contributed by atoms with E-state index in [-0.39, 0.29) is 5.91 Å². The van der Waals surface area contributed by atoms with Gasteiger partial charge in [0.2, 0.25) is 5.91 Å². The third-order valence-electron chi connectivity index (χ3n) is 4.11. The fourth-order valence-electron chi connectivity index (χ4n) is 2.64. The molecule has 0 aromatic heterocycles. The second-order valence-corrected chi connectivity index (χ2v) is 5.90. The van der Waals surface area contributed by atoms with Crippen LogP contribution in [-0.2, 0) is 17.6 Å². The molecule has 0 fully saturated rings. The van der Waals surface area contributed by atoms with E-state index >= 15 is 0 Å². The van der Waals surface area contributed by atoms with E-state index in [4.69, 9.17) is 0 Å². The van der Waals surface area contributed by atoms with Gasteiger partial charge in [0.15, 0.2) is 0 Å². The summed E-state index contributed by atoms with van der Waals surface area (Å²) in [7, 11) is 0. The van der Waals surface area contributed by atoms with E-state index in [0.29, 0.717) is 12.8 Å². The van der Waals surface area contributed by atoms with Crippen molar-refractivity contribution in [2.45, 2.75) is 45.4 Å². The van der Waals surface area contributed by atoms with Gasteiger partial charge in [-0.15, -0.1) is 0 Å². The minimum Gasteiger partial charge on any atom is -0.273 e. The van der Waals surface area contributed by atoms with Gasteiger partial charge in [0.05, 0.1) is 0 Å². The monoisotopic (exact) mass is 307 g/mol. The molecule has 0 heterocycles. The van der Waals surface area contributed by atoms with Gasteiger partial charge in [-0.25, -0.2) is 4.99 Å². The Morgan fingerprint density at radius 3 is 1.87 bits per heavy atom. The Kier molecular flexibility index (Phi) is 6.74. The SMILES string of the molecule is C=NC(=O)CCc1ccc(-c2ccc(CCCCC)cc2)cc1. The molecule has 2 aromatic carbocycles. The van der Waals surface area contributed by atoms with Crippen molar-refractivity contribution in [3.05, 3.63) is 59.7 Å². The molecule has 2 nitrogen and oxygen atoms in total. The lowest BCUT2D eigenvalue weighted by Crippen LogP contribution is -1.95. The molecule has 23 heavy (non-hydrogen) atoms. The fraction of sp³-hybridized carbons (Fsp3) is 0.333. The van der Waals surface area contributed by atoms with Crippen LogP contribution in [0.4, 0.5) is 0 Å². The van der Waals surface area contributed by atoms with E-state index in [1.165, 1.54) is 42.4 Å². The van der Waals surface area contributed by atoms with Crippen LogP contribution in [0.25, 0.3) is 11.1 Å². The van der Waals surface area contributed by atoms with E-state index in [1.54, 1.807) is 0 Å². The molecule has 2 heteroatoms. The first kappa shape index (κ1) is 17.1. The maximum Gasteiger partial charge on any atom is 0.245 e. The number of nitrogens with zero attached hydrogens (tertiary/aromatic N) is 1. The largest absolute Gasteiger partial charge is 0.273 e. The van der Waals surface area contributed by atoms with Gasteiger partial charge in [-0.3, -0.25) is 4.79 Å². The summed E-state index contributed by atoms with van der Waals surface area (Å²) in [6.45, 7) is 5.49. The summed E-state index contributed by atoms with van der Waals surface area (Å²) in [6, 6.07) is 17.3. The lowest BCUT2D eigenvalue weighted by atomic mass is 9.99. The summed E-state index contributed by atoms with van der Waals surface area (Å²) in [5, 5.41) is 0. The molecular formula is C21H25NO. The van der Waals surface area contributed by atoms with Crippen LogP contribution >= 0.6 is 0 Å². The summed E-state index contributed by atoms with van der Waals surface area (Å²) in [6.07, 6.45) is 6.14. The number of unbranched alkanes of at least 4 members (excludes halogenated alkanes) is 2. The van der Waals surface area contributed by atoms with Crippen molar-refractivity contribution in [2.24, 2.45) is 4.99 Å². The van der Waals surface area contributed by atoms with E-state index in [9.17, 15) is 4.79 Å². The van der Waals surface area contributed by atoms with Crippen molar-refractivity contribution in [1.82, 2.24) is 0 Å². The third kappa shape index (κ3) is 5.48. The highest BCUT2D eigenvalue weighted by molar-refractivity contribution is 5.80. The van der Waals surface area contributed by atoms with Crippen LogP contribution in [0, 0.1) is 0 Å². The number of rotatable bonds is 8. The van der Waals surface area contributed by atoms with Gasteiger partial charge >= 0.3 is 0 Å². The van der Waals surface area contributed by atoms with Crippen LogP contribution in [0.5, 0.6) is 0 Å². The number of carbonyl (C=O) groups excluding carboxylic acids is 1. The van der Waals surface area contributed by atoms with Crippen molar-refractivity contribution in [2.75, 3.05) is 0 Å². The molecule has 2 aromatic rings. The standard InChI is InChI=1S/C21H25NO/c1-3-4-5-6-17-7-12-19(13-8-17)20-14-9-18(10-15-20)11-16-21(23)22-2/h7-10,12-15H,2-6,11,16H2,1H3. The summed E-state index contributed by atoms with van der Waals surface area (Å²) < 4.78 is 0. The average Bonchev–Trinajstić information content (AvgIpc) is 2.61.